The van der Waals surface area contributed by atoms with Gasteiger partial charge in [-0.25, -0.2) is 13.4 Å². The summed E-state index contributed by atoms with van der Waals surface area (Å²) in [5.74, 6) is -0.132. The van der Waals surface area contributed by atoms with Crippen LogP contribution in [-0.4, -0.2) is 55.3 Å². The summed E-state index contributed by atoms with van der Waals surface area (Å²) in [7, 11) is -3.85. The smallest absolute Gasteiger partial charge is 0.266 e. The maximum absolute atomic E-state index is 13.4. The zero-order chi connectivity index (χ0) is 26.7. The molecule has 1 aromatic heterocycles. The molecule has 2 heterocycles. The van der Waals surface area contributed by atoms with Crippen molar-refractivity contribution >= 4 is 44.0 Å². The van der Waals surface area contributed by atoms with E-state index in [0.717, 1.165) is 11.3 Å². The highest BCUT2D eigenvalue weighted by Crippen LogP contribution is 2.31. The first kappa shape index (κ1) is 26.4. The fourth-order valence-electron chi connectivity index (χ4n) is 4.64. The van der Waals surface area contributed by atoms with Crippen molar-refractivity contribution in [2.24, 2.45) is 0 Å². The Morgan fingerprint density at radius 1 is 0.895 bits per heavy atom. The van der Waals surface area contributed by atoms with Crippen molar-refractivity contribution in [3.8, 4) is 0 Å². The quantitative estimate of drug-likeness (QED) is 0.321. The lowest BCUT2D eigenvalue weighted by Gasteiger charge is -2.39. The molecule has 5 rings (SSSR count). The Hall–Kier alpha value is -3.24. The molecule has 0 aliphatic carbocycles. The molecule has 0 bridgehead atoms. The number of halogens is 1. The second-order valence-corrected chi connectivity index (χ2v) is 12.2. The Balaban J connectivity index is 1.28. The number of carbonyl (C=O) groups excluding carboxylic acids is 1. The van der Waals surface area contributed by atoms with E-state index in [1.165, 1.54) is 35.4 Å². The van der Waals surface area contributed by atoms with Crippen molar-refractivity contribution < 1.29 is 13.2 Å². The van der Waals surface area contributed by atoms with Crippen LogP contribution in [0.3, 0.4) is 0 Å². The number of hydrogen-bond acceptors (Lipinski definition) is 6. The summed E-state index contributed by atoms with van der Waals surface area (Å²) in [6, 6.07) is 26.8. The van der Waals surface area contributed by atoms with Crippen LogP contribution in [0.5, 0.6) is 0 Å². The zero-order valence-electron chi connectivity index (χ0n) is 20.7. The number of sulfonamides is 1. The van der Waals surface area contributed by atoms with Crippen LogP contribution < -0.4 is 4.72 Å². The van der Waals surface area contributed by atoms with E-state index in [1.54, 1.807) is 6.92 Å². The molecule has 1 amide bonds. The van der Waals surface area contributed by atoms with Gasteiger partial charge in [0.05, 0.1) is 16.6 Å². The molecule has 0 spiro atoms. The molecule has 1 saturated heterocycles. The third-order valence-electron chi connectivity index (χ3n) is 6.53. The van der Waals surface area contributed by atoms with Crippen LogP contribution in [0.15, 0.2) is 89.8 Å². The molecule has 3 aromatic carbocycles. The topological polar surface area (TPSA) is 82.6 Å². The van der Waals surface area contributed by atoms with Gasteiger partial charge in [0.1, 0.15) is 4.88 Å². The number of nitrogens with one attached hydrogen (secondary N) is 1. The van der Waals surface area contributed by atoms with Gasteiger partial charge >= 0.3 is 0 Å². The molecule has 38 heavy (non-hydrogen) atoms. The van der Waals surface area contributed by atoms with Crippen LogP contribution in [0.1, 0.15) is 32.5 Å². The average Bonchev–Trinajstić information content (AvgIpc) is 3.29. The third-order valence-corrected chi connectivity index (χ3v) is 9.33. The van der Waals surface area contributed by atoms with Crippen LogP contribution in [0, 0.1) is 6.92 Å². The number of aromatic nitrogens is 1. The summed E-state index contributed by atoms with van der Waals surface area (Å²) in [5, 5.41) is 0.605. The average molecular weight is 567 g/mol. The van der Waals surface area contributed by atoms with Gasteiger partial charge in [-0.2, -0.15) is 0 Å². The number of anilines is 1. The molecule has 1 N–H and O–H groups in total. The minimum atomic E-state index is -3.85. The first-order valence-electron chi connectivity index (χ1n) is 12.2. The van der Waals surface area contributed by atoms with Gasteiger partial charge in [0.15, 0.2) is 5.13 Å². The summed E-state index contributed by atoms with van der Waals surface area (Å²) in [6.45, 7) is 4.29. The first-order chi connectivity index (χ1) is 18.3. The molecule has 0 saturated carbocycles. The highest BCUT2D eigenvalue weighted by Gasteiger charge is 2.30. The van der Waals surface area contributed by atoms with Gasteiger partial charge in [0.2, 0.25) is 0 Å². The van der Waals surface area contributed by atoms with Gasteiger partial charge in [0.25, 0.3) is 15.9 Å². The number of benzene rings is 3. The largest absolute Gasteiger partial charge is 0.335 e. The molecule has 0 atom stereocenters. The molecular formula is C28H27ClN4O3S2. The summed E-state index contributed by atoms with van der Waals surface area (Å²) in [6.07, 6.45) is 0. The SMILES string of the molecule is Cc1nc(NS(=O)(=O)c2ccc(Cl)cc2)sc1C(=O)N1CCN(C(c2ccccc2)c2ccccc2)CC1. The van der Waals surface area contributed by atoms with Crippen molar-refractivity contribution in [3.63, 3.8) is 0 Å². The van der Waals surface area contributed by atoms with Crippen LogP contribution in [-0.2, 0) is 10.0 Å². The van der Waals surface area contributed by atoms with E-state index < -0.39 is 10.0 Å². The van der Waals surface area contributed by atoms with Crippen molar-refractivity contribution in [2.45, 2.75) is 17.9 Å². The van der Waals surface area contributed by atoms with Crippen LogP contribution >= 0.6 is 22.9 Å². The molecule has 1 fully saturated rings. The molecule has 4 aromatic rings. The van der Waals surface area contributed by atoms with Crippen LogP contribution in [0.4, 0.5) is 5.13 Å². The number of hydrogen-bond donors (Lipinski definition) is 1. The van der Waals surface area contributed by atoms with E-state index >= 15 is 0 Å². The van der Waals surface area contributed by atoms with E-state index in [-0.39, 0.29) is 22.0 Å². The summed E-state index contributed by atoms with van der Waals surface area (Å²) in [4.78, 5) is 22.5. The van der Waals surface area contributed by atoms with E-state index in [9.17, 15) is 13.2 Å². The maximum atomic E-state index is 13.4. The molecular weight excluding hydrogens is 540 g/mol. The molecule has 0 unspecified atom stereocenters. The Morgan fingerprint density at radius 3 is 2.00 bits per heavy atom. The standard InChI is InChI=1S/C28H27ClN4O3S2/c1-20-26(37-28(30-20)31-38(35,36)24-14-12-23(29)13-15-24)27(34)33-18-16-32(17-19-33)25(21-8-4-2-5-9-21)22-10-6-3-7-11-22/h2-15,25H,16-19H2,1H3,(H,30,31). The Bertz CT molecular complexity index is 1460. The van der Waals surface area contributed by atoms with Gasteiger partial charge in [-0.3, -0.25) is 14.4 Å². The van der Waals surface area contributed by atoms with E-state index in [2.05, 4.69) is 63.1 Å². The number of nitrogens with zero attached hydrogens (tertiary/aromatic N) is 3. The predicted octanol–water partition coefficient (Wildman–Crippen LogP) is 5.45. The van der Waals surface area contributed by atoms with E-state index in [1.807, 2.05) is 17.0 Å². The lowest BCUT2D eigenvalue weighted by atomic mass is 9.96. The Morgan fingerprint density at radius 2 is 1.45 bits per heavy atom. The van der Waals surface area contributed by atoms with E-state index in [4.69, 9.17) is 11.6 Å². The Kier molecular flexibility index (Phi) is 7.80. The molecule has 1 aliphatic heterocycles. The van der Waals surface area contributed by atoms with Crippen molar-refractivity contribution in [1.82, 2.24) is 14.8 Å². The summed E-state index contributed by atoms with van der Waals surface area (Å²) in [5.41, 5.74) is 2.94. The Labute approximate surface area is 231 Å². The lowest BCUT2D eigenvalue weighted by Crippen LogP contribution is -2.49. The number of thiazole rings is 1. The molecule has 7 nitrogen and oxygen atoms in total. The molecule has 1 aliphatic rings. The minimum Gasteiger partial charge on any atom is -0.335 e. The summed E-state index contributed by atoms with van der Waals surface area (Å²) < 4.78 is 28.0. The number of rotatable bonds is 7. The first-order valence-corrected chi connectivity index (χ1v) is 14.9. The molecule has 0 radical (unpaired) electrons. The zero-order valence-corrected chi connectivity index (χ0v) is 23.1. The van der Waals surface area contributed by atoms with Crippen LogP contribution in [0.2, 0.25) is 5.02 Å². The van der Waals surface area contributed by atoms with Gasteiger partial charge in [-0.1, -0.05) is 83.6 Å². The normalized spacial score (nSPS) is 14.6. The third kappa shape index (κ3) is 5.76. The monoisotopic (exact) mass is 566 g/mol. The molecule has 196 valence electrons. The molecule has 10 heteroatoms. The van der Waals surface area contributed by atoms with Gasteiger partial charge in [0, 0.05) is 31.2 Å². The van der Waals surface area contributed by atoms with Crippen molar-refractivity contribution in [1.29, 1.82) is 0 Å². The van der Waals surface area contributed by atoms with Gasteiger partial charge in [-0.15, -0.1) is 0 Å². The van der Waals surface area contributed by atoms with Crippen molar-refractivity contribution in [3.05, 3.63) is 112 Å². The second-order valence-electron chi connectivity index (χ2n) is 9.05. The number of aryl methyl sites for hydroxylation is 1. The fourth-order valence-corrected chi connectivity index (χ4v) is 6.93. The fraction of sp³-hybridized carbons (Fsp3) is 0.214. The number of amides is 1. The van der Waals surface area contributed by atoms with Gasteiger partial charge < -0.3 is 4.90 Å². The predicted molar refractivity (Wildman–Crippen MR) is 151 cm³/mol. The number of piperazine rings is 1. The minimum absolute atomic E-state index is 0.0742. The van der Waals surface area contributed by atoms with Crippen molar-refractivity contribution in [2.75, 3.05) is 30.9 Å². The highest BCUT2D eigenvalue weighted by atomic mass is 35.5. The highest BCUT2D eigenvalue weighted by molar-refractivity contribution is 7.93. The van der Waals surface area contributed by atoms with Crippen LogP contribution in [0.25, 0.3) is 0 Å². The van der Waals surface area contributed by atoms with E-state index in [0.29, 0.717) is 41.8 Å². The number of carbonyl (C=O) groups is 1. The second kappa shape index (κ2) is 11.2. The maximum Gasteiger partial charge on any atom is 0.266 e. The summed E-state index contributed by atoms with van der Waals surface area (Å²) >= 11 is 6.93. The lowest BCUT2D eigenvalue weighted by molar-refractivity contribution is 0.0601. The van der Waals surface area contributed by atoms with Gasteiger partial charge in [-0.05, 0) is 42.3 Å².